The van der Waals surface area contributed by atoms with Crippen LogP contribution in [0.15, 0.2) is 36.4 Å². The Hall–Kier alpha value is -2.82. The van der Waals surface area contributed by atoms with Gasteiger partial charge in [-0.1, -0.05) is 18.2 Å². The third-order valence-corrected chi connectivity index (χ3v) is 7.74. The molecule has 4 unspecified atom stereocenters. The second-order valence-corrected chi connectivity index (χ2v) is 10.1. The molecule has 0 aromatic heterocycles. The first-order chi connectivity index (χ1) is 16.8. The van der Waals surface area contributed by atoms with Crippen LogP contribution in [0.5, 0.6) is 23.0 Å². The molecule has 9 nitrogen and oxygen atoms in total. The number of rotatable bonds is 2. The number of allylic oxidation sites excluding steroid dienone is 2. The van der Waals surface area contributed by atoms with E-state index in [0.29, 0.717) is 30.6 Å². The summed E-state index contributed by atoms with van der Waals surface area (Å²) in [6.07, 6.45) is 6.98. The normalized spacial score (nSPS) is 26.8. The topological polar surface area (TPSA) is 124 Å². The molecule has 8 rings (SSSR count). The van der Waals surface area contributed by atoms with E-state index in [2.05, 4.69) is 41.0 Å². The molecule has 3 N–H and O–H groups in total. The molecule has 0 spiro atoms. The van der Waals surface area contributed by atoms with Crippen molar-refractivity contribution in [1.82, 2.24) is 0 Å². The van der Waals surface area contributed by atoms with Gasteiger partial charge in [-0.15, -0.1) is 0 Å². The average molecular weight is 505 g/mol. The fourth-order valence-electron chi connectivity index (χ4n) is 6.65. The molecular formula is C25H27ClNO8+. The van der Waals surface area contributed by atoms with Crippen LogP contribution in [0.3, 0.4) is 0 Å². The van der Waals surface area contributed by atoms with E-state index in [9.17, 15) is 0 Å². The number of methoxy groups -OCH3 is 2. The van der Waals surface area contributed by atoms with Gasteiger partial charge < -0.3 is 18.9 Å². The van der Waals surface area contributed by atoms with E-state index >= 15 is 0 Å². The second kappa shape index (κ2) is 8.11. The number of halogens is 1. The van der Waals surface area contributed by atoms with Gasteiger partial charge in [0.2, 0.25) is 6.79 Å². The molecule has 2 aliphatic carbocycles. The molecule has 4 aliphatic heterocycles. The SMILES string of the molecule is COc1ccc2c(c1OC)C1C3CC=CC3C2C2=[N+]1CCc1cc3c(cc12)OCO3.[O-][Cl+](O)(O)O. The summed E-state index contributed by atoms with van der Waals surface area (Å²) < 4.78 is 55.9. The van der Waals surface area contributed by atoms with E-state index in [0.717, 1.165) is 42.4 Å². The quantitative estimate of drug-likeness (QED) is 0.408. The predicted molar refractivity (Wildman–Crippen MR) is 118 cm³/mol. The third-order valence-electron chi connectivity index (χ3n) is 7.74. The van der Waals surface area contributed by atoms with Gasteiger partial charge in [-0.25, -0.2) is 4.58 Å². The molecule has 2 aromatic rings. The Kier molecular flexibility index (Phi) is 5.24. The number of ether oxygens (including phenoxy) is 4. The zero-order valence-electron chi connectivity index (χ0n) is 19.3. The summed E-state index contributed by atoms with van der Waals surface area (Å²) in [6, 6.07) is 9.06. The monoisotopic (exact) mass is 504 g/mol. The zero-order valence-corrected chi connectivity index (χ0v) is 20.1. The standard InChI is InChI=1S/C25H24NO4.ClH3O4/c1-27-18-7-6-16-21-14-4-3-5-15(14)23(22(16)25(18)28-2)26-9-8-13-10-19-20(30-12-29-19)11-17(13)24(21)26;2-1(3,4)5/h3-4,6-7,10-11,14-15,21,23H,5,8-9,12H2,1-2H3;2-4H/q+1;. The van der Waals surface area contributed by atoms with Crippen molar-refractivity contribution in [3.63, 3.8) is 0 Å². The number of nitrogens with zero attached hydrogens (tertiary/aromatic N) is 1. The molecule has 4 heterocycles. The van der Waals surface area contributed by atoms with Gasteiger partial charge in [0.05, 0.1) is 25.7 Å². The summed E-state index contributed by atoms with van der Waals surface area (Å²) in [4.78, 5) is 0. The van der Waals surface area contributed by atoms with Crippen molar-refractivity contribution in [2.75, 3.05) is 27.6 Å². The van der Waals surface area contributed by atoms with E-state index in [1.54, 1.807) is 14.2 Å². The number of fused-ring (bicyclic) bond motifs is 2. The van der Waals surface area contributed by atoms with Crippen LogP contribution in [-0.2, 0) is 6.42 Å². The van der Waals surface area contributed by atoms with Gasteiger partial charge >= 0.3 is 28.9 Å². The van der Waals surface area contributed by atoms with Crippen molar-refractivity contribution in [2.24, 2.45) is 11.8 Å². The molecule has 35 heavy (non-hydrogen) atoms. The summed E-state index contributed by atoms with van der Waals surface area (Å²) in [5.74, 6) is 4.93. The fourth-order valence-corrected chi connectivity index (χ4v) is 6.65. The predicted octanol–water partition coefficient (Wildman–Crippen LogP) is 0.975. The Balaban J connectivity index is 0.000000419. The summed E-state index contributed by atoms with van der Waals surface area (Å²) in [7, 11) is -0.704. The van der Waals surface area contributed by atoms with Crippen LogP contribution in [0.2, 0.25) is 0 Å². The maximum atomic E-state index is 8.83. The molecule has 0 amide bonds. The van der Waals surface area contributed by atoms with E-state index in [1.165, 1.54) is 28.0 Å². The maximum absolute atomic E-state index is 8.83. The summed E-state index contributed by atoms with van der Waals surface area (Å²) in [5, 5.41) is 0. The van der Waals surface area contributed by atoms with Gasteiger partial charge in [-0.05, 0) is 35.7 Å². The van der Waals surface area contributed by atoms with Gasteiger partial charge in [0, 0.05) is 23.8 Å². The second-order valence-electron chi connectivity index (χ2n) is 9.26. The van der Waals surface area contributed by atoms with Crippen molar-refractivity contribution in [3.8, 4) is 23.0 Å². The molecular weight excluding hydrogens is 478 g/mol. The molecule has 0 fully saturated rings. The van der Waals surface area contributed by atoms with Crippen molar-refractivity contribution < 1.29 is 52.4 Å². The Morgan fingerprint density at radius 2 is 1.83 bits per heavy atom. The van der Waals surface area contributed by atoms with Crippen LogP contribution in [0.1, 0.15) is 40.6 Å². The van der Waals surface area contributed by atoms with Gasteiger partial charge in [0.15, 0.2) is 34.8 Å². The first kappa shape index (κ1) is 22.6. The third kappa shape index (κ3) is 3.49. The molecule has 10 heteroatoms. The van der Waals surface area contributed by atoms with E-state index in [4.69, 9.17) is 37.6 Å². The van der Waals surface area contributed by atoms with Crippen molar-refractivity contribution in [1.29, 1.82) is 0 Å². The molecule has 6 aliphatic rings. The summed E-state index contributed by atoms with van der Waals surface area (Å²) in [5.41, 5.74) is 6.88. The van der Waals surface area contributed by atoms with Gasteiger partial charge in [-0.3, -0.25) is 0 Å². The average Bonchev–Trinajstić information content (AvgIpc) is 3.49. The summed E-state index contributed by atoms with van der Waals surface area (Å²) in [6.45, 7) is 1.34. The Morgan fingerprint density at radius 3 is 2.54 bits per heavy atom. The van der Waals surface area contributed by atoms with Gasteiger partial charge in [0.1, 0.15) is 6.54 Å². The first-order valence-corrected chi connectivity index (χ1v) is 12.8. The van der Waals surface area contributed by atoms with Crippen molar-refractivity contribution in [2.45, 2.75) is 24.8 Å². The number of hydrogen-bond acceptors (Lipinski definition) is 8. The van der Waals surface area contributed by atoms with Crippen molar-refractivity contribution >= 4 is 5.71 Å². The van der Waals surface area contributed by atoms with Crippen LogP contribution >= 0.6 is 0 Å². The Bertz CT molecular complexity index is 1260. The van der Waals surface area contributed by atoms with Crippen LogP contribution in [-0.4, -0.2) is 51.8 Å². The Labute approximate surface area is 204 Å². The molecule has 186 valence electrons. The van der Waals surface area contributed by atoms with Crippen LogP contribution in [0, 0.1) is 22.1 Å². The molecule has 0 radical (unpaired) electrons. The van der Waals surface area contributed by atoms with Crippen LogP contribution < -0.4 is 23.6 Å². The number of hydrogen-bond donors (Lipinski definition) is 3. The van der Waals surface area contributed by atoms with E-state index < -0.39 is 10.2 Å². The number of benzene rings is 2. The van der Waals surface area contributed by atoms with Crippen molar-refractivity contribution in [3.05, 3.63) is 58.7 Å². The Morgan fingerprint density at radius 1 is 1.09 bits per heavy atom. The summed E-state index contributed by atoms with van der Waals surface area (Å²) >= 11 is 0. The molecule has 4 atom stereocenters. The molecule has 0 saturated carbocycles. The molecule has 0 saturated heterocycles. The zero-order chi connectivity index (χ0) is 24.5. The first-order valence-electron chi connectivity index (χ1n) is 11.4. The minimum atomic E-state index is -4.19. The van der Waals surface area contributed by atoms with E-state index in [1.807, 2.05) is 0 Å². The fraction of sp³-hybridized carbons (Fsp3) is 0.400. The minimum absolute atomic E-state index is 0.309. The van der Waals surface area contributed by atoms with Gasteiger partial charge in [-0.2, -0.15) is 0 Å². The van der Waals surface area contributed by atoms with Crippen LogP contribution in [0.25, 0.3) is 0 Å². The molecule has 2 aromatic carbocycles. The van der Waals surface area contributed by atoms with E-state index in [-0.39, 0.29) is 0 Å². The molecule has 2 bridgehead atoms. The van der Waals surface area contributed by atoms with Gasteiger partial charge in [0.25, 0.3) is 0 Å². The van der Waals surface area contributed by atoms with Crippen LogP contribution in [0.4, 0.5) is 0 Å².